The van der Waals surface area contributed by atoms with Gasteiger partial charge in [0.1, 0.15) is 5.75 Å². The fraction of sp³-hybridized carbons (Fsp3) is 0.158. The molecule has 0 saturated carbocycles. The van der Waals surface area contributed by atoms with Crippen molar-refractivity contribution in [1.29, 1.82) is 0 Å². The summed E-state index contributed by atoms with van der Waals surface area (Å²) in [5.74, 6) is 0.560. The summed E-state index contributed by atoms with van der Waals surface area (Å²) in [4.78, 5) is 16.5. The van der Waals surface area contributed by atoms with E-state index >= 15 is 0 Å². The van der Waals surface area contributed by atoms with Crippen LogP contribution in [0, 0.1) is 13.8 Å². The van der Waals surface area contributed by atoms with Crippen LogP contribution in [0.15, 0.2) is 54.7 Å². The number of anilines is 1. The molecule has 116 valence electrons. The molecule has 0 unspecified atom stereocenters. The summed E-state index contributed by atoms with van der Waals surface area (Å²) >= 11 is 0. The number of para-hydroxylation sites is 2. The normalized spacial score (nSPS) is 10.5. The second kappa shape index (κ2) is 6.48. The van der Waals surface area contributed by atoms with Gasteiger partial charge in [-0.3, -0.25) is 9.78 Å². The van der Waals surface area contributed by atoms with Crippen molar-refractivity contribution in [3.05, 3.63) is 65.9 Å². The summed E-state index contributed by atoms with van der Waals surface area (Å²) in [6.07, 6.45) is 1.71. The van der Waals surface area contributed by atoms with Crippen LogP contribution in [0.5, 0.6) is 5.75 Å². The van der Waals surface area contributed by atoms with E-state index < -0.39 is 0 Å². The van der Waals surface area contributed by atoms with E-state index in [1.54, 1.807) is 6.20 Å². The molecule has 1 aromatic heterocycles. The summed E-state index contributed by atoms with van der Waals surface area (Å²) in [7, 11) is 0. The number of carbonyl (C=O) groups is 1. The molecule has 0 bridgehead atoms. The number of hydrogen-bond donors (Lipinski definition) is 1. The maximum Gasteiger partial charge on any atom is 0.262 e. The molecule has 0 fully saturated rings. The lowest BCUT2D eigenvalue weighted by Crippen LogP contribution is -2.21. The van der Waals surface area contributed by atoms with Gasteiger partial charge in [0.05, 0.1) is 11.2 Å². The first-order valence-corrected chi connectivity index (χ1v) is 7.48. The zero-order valence-electron chi connectivity index (χ0n) is 13.2. The molecule has 0 aliphatic heterocycles. The lowest BCUT2D eigenvalue weighted by molar-refractivity contribution is -0.118. The monoisotopic (exact) mass is 306 g/mol. The number of nitrogens with one attached hydrogen (secondary N) is 1. The van der Waals surface area contributed by atoms with E-state index in [1.807, 2.05) is 62.4 Å². The Balaban J connectivity index is 1.72. The highest BCUT2D eigenvalue weighted by Crippen LogP contribution is 2.23. The highest BCUT2D eigenvalue weighted by atomic mass is 16.5. The van der Waals surface area contributed by atoms with Crippen LogP contribution in [-0.2, 0) is 4.79 Å². The van der Waals surface area contributed by atoms with Crippen molar-refractivity contribution in [2.45, 2.75) is 13.8 Å². The van der Waals surface area contributed by atoms with Crippen LogP contribution in [0.2, 0.25) is 0 Å². The topological polar surface area (TPSA) is 51.2 Å². The van der Waals surface area contributed by atoms with Crippen molar-refractivity contribution >= 4 is 22.5 Å². The zero-order chi connectivity index (χ0) is 16.2. The van der Waals surface area contributed by atoms with Crippen molar-refractivity contribution in [3.63, 3.8) is 0 Å². The van der Waals surface area contributed by atoms with Crippen LogP contribution in [0.1, 0.15) is 11.1 Å². The van der Waals surface area contributed by atoms with Gasteiger partial charge in [0.25, 0.3) is 5.91 Å². The molecule has 0 saturated heterocycles. The molecule has 0 radical (unpaired) electrons. The number of ether oxygens (including phenoxy) is 1. The molecular weight excluding hydrogens is 288 g/mol. The Kier molecular flexibility index (Phi) is 4.24. The average molecular weight is 306 g/mol. The fourth-order valence-electron chi connectivity index (χ4n) is 2.56. The highest BCUT2D eigenvalue weighted by Gasteiger charge is 2.09. The van der Waals surface area contributed by atoms with Gasteiger partial charge in [-0.25, -0.2) is 0 Å². The van der Waals surface area contributed by atoms with Gasteiger partial charge in [0.15, 0.2) is 6.61 Å². The number of amides is 1. The Morgan fingerprint density at radius 1 is 1.04 bits per heavy atom. The van der Waals surface area contributed by atoms with Crippen LogP contribution in [0.4, 0.5) is 5.69 Å². The van der Waals surface area contributed by atoms with Crippen molar-refractivity contribution in [2.24, 2.45) is 0 Å². The standard InChI is InChI=1S/C19H18N2O2/c1-13-6-3-7-14(2)19(13)23-12-17(22)21-16-10-4-8-15-9-5-11-20-18(15)16/h3-11H,12H2,1-2H3,(H,21,22). The third-order valence-corrected chi connectivity index (χ3v) is 3.66. The number of pyridine rings is 1. The molecule has 4 heteroatoms. The van der Waals surface area contributed by atoms with Gasteiger partial charge in [0.2, 0.25) is 0 Å². The van der Waals surface area contributed by atoms with E-state index in [4.69, 9.17) is 4.74 Å². The molecule has 0 aliphatic rings. The van der Waals surface area contributed by atoms with Gasteiger partial charge in [-0.15, -0.1) is 0 Å². The Morgan fingerprint density at radius 3 is 2.52 bits per heavy atom. The molecule has 0 spiro atoms. The first kappa shape index (κ1) is 15.0. The maximum absolute atomic E-state index is 12.2. The van der Waals surface area contributed by atoms with E-state index in [1.165, 1.54) is 0 Å². The van der Waals surface area contributed by atoms with Gasteiger partial charge >= 0.3 is 0 Å². The Bertz CT molecular complexity index is 833. The van der Waals surface area contributed by atoms with Crippen LogP contribution < -0.4 is 10.1 Å². The first-order valence-electron chi connectivity index (χ1n) is 7.48. The van der Waals surface area contributed by atoms with Crippen molar-refractivity contribution in [2.75, 3.05) is 11.9 Å². The van der Waals surface area contributed by atoms with Gasteiger partial charge in [-0.1, -0.05) is 36.4 Å². The van der Waals surface area contributed by atoms with Gasteiger partial charge in [0, 0.05) is 11.6 Å². The van der Waals surface area contributed by atoms with E-state index in [0.717, 1.165) is 27.8 Å². The van der Waals surface area contributed by atoms with Crippen molar-refractivity contribution < 1.29 is 9.53 Å². The van der Waals surface area contributed by atoms with Crippen LogP contribution in [0.3, 0.4) is 0 Å². The molecular formula is C19H18N2O2. The number of carbonyl (C=O) groups excluding carboxylic acids is 1. The molecule has 3 rings (SSSR count). The minimum atomic E-state index is -0.203. The molecule has 0 atom stereocenters. The summed E-state index contributed by atoms with van der Waals surface area (Å²) < 4.78 is 5.68. The summed E-state index contributed by atoms with van der Waals surface area (Å²) in [6, 6.07) is 15.4. The number of hydrogen-bond acceptors (Lipinski definition) is 3. The molecule has 23 heavy (non-hydrogen) atoms. The lowest BCUT2D eigenvalue weighted by atomic mass is 10.1. The van der Waals surface area contributed by atoms with Gasteiger partial charge in [-0.05, 0) is 37.1 Å². The van der Waals surface area contributed by atoms with Crippen LogP contribution >= 0.6 is 0 Å². The quantitative estimate of drug-likeness (QED) is 0.796. The van der Waals surface area contributed by atoms with E-state index in [9.17, 15) is 4.79 Å². The minimum absolute atomic E-state index is 0.0328. The number of nitrogens with zero attached hydrogens (tertiary/aromatic N) is 1. The third kappa shape index (κ3) is 3.31. The Labute approximate surface area is 135 Å². The fourth-order valence-corrected chi connectivity index (χ4v) is 2.56. The smallest absolute Gasteiger partial charge is 0.262 e. The molecule has 1 N–H and O–H groups in total. The predicted octanol–water partition coefficient (Wildman–Crippen LogP) is 3.87. The third-order valence-electron chi connectivity index (χ3n) is 3.66. The lowest BCUT2D eigenvalue weighted by Gasteiger charge is -2.12. The number of fused-ring (bicyclic) bond motifs is 1. The van der Waals surface area contributed by atoms with Crippen LogP contribution in [-0.4, -0.2) is 17.5 Å². The van der Waals surface area contributed by atoms with Crippen molar-refractivity contribution in [1.82, 2.24) is 4.98 Å². The Morgan fingerprint density at radius 2 is 1.74 bits per heavy atom. The molecule has 4 nitrogen and oxygen atoms in total. The van der Waals surface area contributed by atoms with E-state index in [-0.39, 0.29) is 12.5 Å². The number of benzene rings is 2. The molecule has 3 aromatic rings. The average Bonchev–Trinajstić information content (AvgIpc) is 2.55. The first-order chi connectivity index (χ1) is 11.1. The summed E-state index contributed by atoms with van der Waals surface area (Å²) in [5.41, 5.74) is 3.50. The second-order valence-corrected chi connectivity index (χ2v) is 5.44. The van der Waals surface area contributed by atoms with Crippen LogP contribution in [0.25, 0.3) is 10.9 Å². The Hall–Kier alpha value is -2.88. The van der Waals surface area contributed by atoms with Gasteiger partial charge in [-0.2, -0.15) is 0 Å². The number of rotatable bonds is 4. The predicted molar refractivity (Wildman–Crippen MR) is 91.8 cm³/mol. The molecule has 1 amide bonds. The summed E-state index contributed by atoms with van der Waals surface area (Å²) in [6.45, 7) is 3.90. The van der Waals surface area contributed by atoms with E-state index in [0.29, 0.717) is 5.69 Å². The highest BCUT2D eigenvalue weighted by molar-refractivity contribution is 6.00. The van der Waals surface area contributed by atoms with Gasteiger partial charge < -0.3 is 10.1 Å². The summed E-state index contributed by atoms with van der Waals surface area (Å²) in [5, 5.41) is 3.85. The number of aryl methyl sites for hydroxylation is 2. The molecule has 1 heterocycles. The molecule has 2 aromatic carbocycles. The largest absolute Gasteiger partial charge is 0.483 e. The van der Waals surface area contributed by atoms with Crippen molar-refractivity contribution in [3.8, 4) is 5.75 Å². The second-order valence-electron chi connectivity index (χ2n) is 5.44. The number of aromatic nitrogens is 1. The minimum Gasteiger partial charge on any atom is -0.483 e. The van der Waals surface area contributed by atoms with E-state index in [2.05, 4.69) is 10.3 Å². The zero-order valence-corrected chi connectivity index (χ0v) is 13.2. The molecule has 0 aliphatic carbocycles. The SMILES string of the molecule is Cc1cccc(C)c1OCC(=O)Nc1cccc2cccnc12. The maximum atomic E-state index is 12.2.